The Morgan fingerprint density at radius 2 is 1.83 bits per heavy atom. The first-order chi connectivity index (χ1) is 10.8. The number of rotatable bonds is 1. The highest BCUT2D eigenvalue weighted by molar-refractivity contribution is 5.83. The van der Waals surface area contributed by atoms with Crippen molar-refractivity contribution in [3.63, 3.8) is 0 Å². The van der Waals surface area contributed by atoms with Gasteiger partial charge >= 0.3 is 12.1 Å². The molecule has 23 heavy (non-hydrogen) atoms. The van der Waals surface area contributed by atoms with Crippen LogP contribution in [-0.4, -0.2) is 42.3 Å². The summed E-state index contributed by atoms with van der Waals surface area (Å²) in [4.78, 5) is 26.7. The second-order valence-corrected chi connectivity index (χ2v) is 8.51. The molecule has 1 amide bonds. The van der Waals surface area contributed by atoms with Crippen molar-refractivity contribution >= 4 is 12.1 Å². The summed E-state index contributed by atoms with van der Waals surface area (Å²) in [5.41, 5.74) is -0.175. The average molecular weight is 319 g/mol. The number of nitrogens with zero attached hydrogens (tertiary/aromatic N) is 1. The summed E-state index contributed by atoms with van der Waals surface area (Å²) >= 11 is 0. The summed E-state index contributed by atoms with van der Waals surface area (Å²) in [6, 6.07) is -0.503. The van der Waals surface area contributed by atoms with Crippen LogP contribution in [0.25, 0.3) is 0 Å². The fourth-order valence-corrected chi connectivity index (χ4v) is 5.37. The van der Waals surface area contributed by atoms with Gasteiger partial charge in [-0.15, -0.1) is 0 Å². The summed E-state index contributed by atoms with van der Waals surface area (Å²) in [6.07, 6.45) is 6.72. The number of amides is 1. The van der Waals surface area contributed by atoms with Gasteiger partial charge in [0.05, 0.1) is 7.11 Å². The maximum Gasteiger partial charge on any atom is 0.411 e. The molecule has 1 aliphatic heterocycles. The van der Waals surface area contributed by atoms with Gasteiger partial charge in [-0.25, -0.2) is 9.59 Å². The molecule has 5 atom stereocenters. The molecule has 1 spiro atoms. The zero-order valence-electron chi connectivity index (χ0n) is 14.2. The SMILES string of the molecule is COC(=O)[C@@H]1[C@@H]2[C@H](CN1C(=O)OC(C)(C)C)[C@@H]1C=C[C@H]2C12CC2. The summed E-state index contributed by atoms with van der Waals surface area (Å²) in [5, 5.41) is 0. The Morgan fingerprint density at radius 1 is 1.17 bits per heavy atom. The summed E-state index contributed by atoms with van der Waals surface area (Å²) < 4.78 is 10.6. The number of ether oxygens (including phenoxy) is 2. The topological polar surface area (TPSA) is 55.8 Å². The van der Waals surface area contributed by atoms with Gasteiger partial charge in [-0.2, -0.15) is 0 Å². The van der Waals surface area contributed by atoms with E-state index >= 15 is 0 Å². The Labute approximate surface area is 137 Å². The van der Waals surface area contributed by atoms with E-state index in [0.717, 1.165) is 0 Å². The summed E-state index contributed by atoms with van der Waals surface area (Å²) in [6.45, 7) is 6.14. The van der Waals surface area contributed by atoms with E-state index in [4.69, 9.17) is 9.47 Å². The number of likely N-dealkylation sites (tertiary alicyclic amines) is 1. The zero-order valence-corrected chi connectivity index (χ0v) is 14.2. The molecule has 0 unspecified atom stereocenters. The number of hydrogen-bond acceptors (Lipinski definition) is 4. The normalized spacial score (nSPS) is 38.8. The number of carbonyl (C=O) groups is 2. The van der Waals surface area contributed by atoms with E-state index in [0.29, 0.717) is 29.7 Å². The Kier molecular flexibility index (Phi) is 2.95. The third kappa shape index (κ3) is 1.98. The monoisotopic (exact) mass is 319 g/mol. The number of hydrogen-bond donors (Lipinski definition) is 0. The van der Waals surface area contributed by atoms with Crippen molar-refractivity contribution < 1.29 is 19.1 Å². The molecule has 0 N–H and O–H groups in total. The van der Waals surface area contributed by atoms with E-state index in [1.54, 1.807) is 4.90 Å². The van der Waals surface area contributed by atoms with Crippen LogP contribution in [0.4, 0.5) is 4.79 Å². The van der Waals surface area contributed by atoms with Crippen LogP contribution in [0.15, 0.2) is 12.2 Å². The van der Waals surface area contributed by atoms with Crippen LogP contribution < -0.4 is 0 Å². The number of fused-ring (bicyclic) bond motifs is 3. The van der Waals surface area contributed by atoms with Gasteiger partial charge in [0.15, 0.2) is 0 Å². The van der Waals surface area contributed by atoms with Crippen LogP contribution in [0, 0.1) is 29.1 Å². The van der Waals surface area contributed by atoms with Crippen molar-refractivity contribution in [3.8, 4) is 0 Å². The molecule has 0 radical (unpaired) electrons. The van der Waals surface area contributed by atoms with Gasteiger partial charge in [-0.1, -0.05) is 12.2 Å². The molecule has 3 aliphatic carbocycles. The van der Waals surface area contributed by atoms with Crippen LogP contribution in [0.2, 0.25) is 0 Å². The second-order valence-electron chi connectivity index (χ2n) is 8.51. The van der Waals surface area contributed by atoms with E-state index in [9.17, 15) is 9.59 Å². The van der Waals surface area contributed by atoms with Gasteiger partial charge in [0.1, 0.15) is 11.6 Å². The molecule has 2 bridgehead atoms. The maximum absolute atomic E-state index is 12.6. The molecule has 5 nitrogen and oxygen atoms in total. The van der Waals surface area contributed by atoms with E-state index in [1.807, 2.05) is 20.8 Å². The lowest BCUT2D eigenvalue weighted by Crippen LogP contribution is -2.47. The van der Waals surface area contributed by atoms with Gasteiger partial charge in [-0.3, -0.25) is 4.90 Å². The lowest BCUT2D eigenvalue weighted by atomic mass is 9.82. The van der Waals surface area contributed by atoms with Crippen molar-refractivity contribution in [3.05, 3.63) is 12.2 Å². The fourth-order valence-electron chi connectivity index (χ4n) is 5.37. The highest BCUT2D eigenvalue weighted by Gasteiger charge is 2.72. The minimum atomic E-state index is -0.565. The first-order valence-electron chi connectivity index (χ1n) is 8.54. The van der Waals surface area contributed by atoms with E-state index < -0.39 is 17.7 Å². The van der Waals surface area contributed by atoms with Crippen molar-refractivity contribution in [2.45, 2.75) is 45.3 Å². The first-order valence-corrected chi connectivity index (χ1v) is 8.54. The summed E-state index contributed by atoms with van der Waals surface area (Å²) in [7, 11) is 1.40. The minimum Gasteiger partial charge on any atom is -0.467 e. The fraction of sp³-hybridized carbons (Fsp3) is 0.778. The predicted molar refractivity (Wildman–Crippen MR) is 83.5 cm³/mol. The first kappa shape index (κ1) is 15.0. The molecule has 5 heteroatoms. The number of allylic oxidation sites excluding steroid dienone is 2. The van der Waals surface area contributed by atoms with Gasteiger partial charge in [0, 0.05) is 12.5 Å². The lowest BCUT2D eigenvalue weighted by molar-refractivity contribution is -0.147. The van der Waals surface area contributed by atoms with Gasteiger partial charge < -0.3 is 9.47 Å². The predicted octanol–water partition coefficient (Wildman–Crippen LogP) is 2.61. The Balaban J connectivity index is 1.63. The van der Waals surface area contributed by atoms with Crippen LogP contribution in [0.5, 0.6) is 0 Å². The zero-order chi connectivity index (χ0) is 16.6. The largest absolute Gasteiger partial charge is 0.467 e. The molecule has 0 aromatic rings. The van der Waals surface area contributed by atoms with Crippen molar-refractivity contribution in [1.29, 1.82) is 0 Å². The van der Waals surface area contributed by atoms with Crippen LogP contribution >= 0.6 is 0 Å². The highest BCUT2D eigenvalue weighted by Crippen LogP contribution is 2.74. The van der Waals surface area contributed by atoms with Crippen molar-refractivity contribution in [2.75, 3.05) is 13.7 Å². The maximum atomic E-state index is 12.6. The standard InChI is InChI=1S/C18H25NO4/c1-17(2,3)23-16(21)19-9-10-11-5-6-12(18(11)7-8-18)13(10)14(19)15(20)22-4/h5-6,10-14H,7-9H2,1-4H3/t10-,11+,12-,13-,14+/m1/s1. The van der Waals surface area contributed by atoms with E-state index in [2.05, 4.69) is 12.2 Å². The molecule has 1 heterocycles. The Hall–Kier alpha value is -1.52. The van der Waals surface area contributed by atoms with Crippen molar-refractivity contribution in [1.82, 2.24) is 4.90 Å². The second kappa shape index (κ2) is 4.52. The van der Waals surface area contributed by atoms with Crippen molar-refractivity contribution in [2.24, 2.45) is 29.1 Å². The lowest BCUT2D eigenvalue weighted by Gasteiger charge is -2.31. The molecule has 4 rings (SSSR count). The Bertz CT molecular complexity index is 586. The van der Waals surface area contributed by atoms with Gasteiger partial charge in [0.25, 0.3) is 0 Å². The molecule has 126 valence electrons. The molecule has 3 fully saturated rings. The third-order valence-corrected chi connectivity index (χ3v) is 6.23. The highest BCUT2D eigenvalue weighted by atomic mass is 16.6. The molecule has 0 aromatic carbocycles. The molecule has 4 aliphatic rings. The van der Waals surface area contributed by atoms with E-state index in [1.165, 1.54) is 20.0 Å². The van der Waals surface area contributed by atoms with Gasteiger partial charge in [-0.05, 0) is 56.8 Å². The Morgan fingerprint density at radius 3 is 2.39 bits per heavy atom. The molecule has 0 aromatic heterocycles. The molecular weight excluding hydrogens is 294 g/mol. The minimum absolute atomic E-state index is 0.187. The number of carbonyl (C=O) groups excluding carboxylic acids is 2. The number of esters is 1. The number of methoxy groups -OCH3 is 1. The third-order valence-electron chi connectivity index (χ3n) is 6.23. The van der Waals surface area contributed by atoms with Gasteiger partial charge in [0.2, 0.25) is 0 Å². The summed E-state index contributed by atoms with van der Waals surface area (Å²) in [5.74, 6) is 1.17. The van der Waals surface area contributed by atoms with E-state index in [-0.39, 0.29) is 11.9 Å². The quantitative estimate of drug-likeness (QED) is 0.551. The molecule has 1 saturated heterocycles. The molecule has 2 saturated carbocycles. The van der Waals surface area contributed by atoms with Crippen LogP contribution in [0.3, 0.4) is 0 Å². The smallest absolute Gasteiger partial charge is 0.411 e. The van der Waals surface area contributed by atoms with Crippen LogP contribution in [-0.2, 0) is 14.3 Å². The molecular formula is C18H25NO4. The average Bonchev–Trinajstić information content (AvgIpc) is 2.94. The van der Waals surface area contributed by atoms with Crippen LogP contribution in [0.1, 0.15) is 33.6 Å².